The van der Waals surface area contributed by atoms with Crippen LogP contribution in [-0.4, -0.2) is 79.0 Å². The molecule has 0 radical (unpaired) electrons. The van der Waals surface area contributed by atoms with Crippen LogP contribution in [0.2, 0.25) is 0 Å². The Morgan fingerprint density at radius 2 is 2.06 bits per heavy atom. The molecule has 2 aliphatic heterocycles. The van der Waals surface area contributed by atoms with Crippen molar-refractivity contribution in [3.63, 3.8) is 0 Å². The molecule has 3 N–H and O–H groups in total. The minimum absolute atomic E-state index is 0.0444. The van der Waals surface area contributed by atoms with Crippen molar-refractivity contribution < 1.29 is 14.6 Å². The van der Waals surface area contributed by atoms with E-state index in [9.17, 15) is 14.6 Å². The Hall–Kier alpha value is -3.05. The van der Waals surface area contributed by atoms with E-state index in [0.29, 0.717) is 37.1 Å². The van der Waals surface area contributed by atoms with Crippen LogP contribution in [0.25, 0.3) is 10.9 Å². The lowest BCUT2D eigenvalue weighted by Gasteiger charge is -2.38. The van der Waals surface area contributed by atoms with Crippen molar-refractivity contribution >= 4 is 34.3 Å². The van der Waals surface area contributed by atoms with Crippen LogP contribution in [-0.2, 0) is 0 Å². The first kappa shape index (κ1) is 23.7. The highest BCUT2D eigenvalue weighted by Crippen LogP contribution is 2.33. The number of hydrogen-bond acceptors (Lipinski definition) is 9. The third-order valence-corrected chi connectivity index (χ3v) is 7.17. The average molecular weight is 485 g/mol. The summed E-state index contributed by atoms with van der Waals surface area (Å²) in [6.07, 6.45) is 3.71. The Morgan fingerprint density at radius 1 is 1.23 bits per heavy atom. The normalized spacial score (nSPS) is 25.9. The molecular formula is C24H33FN8O2. The van der Waals surface area contributed by atoms with Gasteiger partial charge in [0.05, 0.1) is 29.2 Å². The van der Waals surface area contributed by atoms with Crippen molar-refractivity contribution in [3.05, 3.63) is 24.5 Å². The number of rotatable bonds is 6. The van der Waals surface area contributed by atoms with Crippen molar-refractivity contribution in [1.29, 1.82) is 0 Å². The summed E-state index contributed by atoms with van der Waals surface area (Å²) in [7, 11) is 0. The zero-order valence-electron chi connectivity index (χ0n) is 20.4. The molecule has 10 nitrogen and oxygen atoms in total. The van der Waals surface area contributed by atoms with Gasteiger partial charge in [-0.15, -0.1) is 0 Å². The Kier molecular flexibility index (Phi) is 6.22. The van der Waals surface area contributed by atoms with Gasteiger partial charge in [-0.1, -0.05) is 6.92 Å². The zero-order chi connectivity index (χ0) is 24.7. The molecule has 0 amide bonds. The second kappa shape index (κ2) is 9.19. The minimum atomic E-state index is -1.37. The molecule has 2 saturated heterocycles. The van der Waals surface area contributed by atoms with Crippen LogP contribution < -0.4 is 15.1 Å². The van der Waals surface area contributed by atoms with E-state index in [-0.39, 0.29) is 18.7 Å². The lowest BCUT2D eigenvalue weighted by atomic mass is 9.92. The summed E-state index contributed by atoms with van der Waals surface area (Å²) in [4.78, 5) is 17.3. The van der Waals surface area contributed by atoms with Gasteiger partial charge >= 0.3 is 0 Å². The third kappa shape index (κ3) is 4.62. The highest BCUT2D eigenvalue weighted by atomic mass is 19.1. The SMILES string of the molecule is CCC(C)n1nc(N2CC[C@@H](O)C2)c2cnc(Nc3ccnc(N4CC[C@](C)(O)[C@H](F)C4)n3)cc21. The van der Waals surface area contributed by atoms with Gasteiger partial charge in [-0.2, -0.15) is 10.1 Å². The van der Waals surface area contributed by atoms with Crippen molar-refractivity contribution in [2.45, 2.75) is 64.0 Å². The number of aromatic nitrogens is 5. The number of alkyl halides is 1. The number of β-amino-alcohol motifs (C(OH)–C–C–N with tert-alkyl or cyclic N) is 1. The number of pyridine rings is 1. The molecule has 3 aromatic rings. The van der Waals surface area contributed by atoms with E-state index in [4.69, 9.17) is 5.10 Å². The van der Waals surface area contributed by atoms with Gasteiger partial charge in [0.25, 0.3) is 0 Å². The lowest BCUT2D eigenvalue weighted by molar-refractivity contribution is -0.0332. The fraction of sp³-hybridized carbons (Fsp3) is 0.583. The van der Waals surface area contributed by atoms with E-state index >= 15 is 0 Å². The predicted octanol–water partition coefficient (Wildman–Crippen LogP) is 2.81. The van der Waals surface area contributed by atoms with E-state index in [2.05, 4.69) is 39.0 Å². The van der Waals surface area contributed by atoms with Crippen LogP contribution in [0.15, 0.2) is 24.5 Å². The fourth-order valence-electron chi connectivity index (χ4n) is 4.64. The Balaban J connectivity index is 1.41. The number of hydrogen-bond donors (Lipinski definition) is 3. The molecule has 11 heteroatoms. The molecule has 5 heterocycles. The third-order valence-electron chi connectivity index (χ3n) is 7.17. The molecule has 4 atom stereocenters. The molecule has 0 saturated carbocycles. The molecule has 188 valence electrons. The van der Waals surface area contributed by atoms with Crippen molar-refractivity contribution in [2.24, 2.45) is 0 Å². The summed E-state index contributed by atoms with van der Waals surface area (Å²) >= 11 is 0. The van der Waals surface area contributed by atoms with Gasteiger partial charge in [0.2, 0.25) is 5.95 Å². The van der Waals surface area contributed by atoms with Crippen LogP contribution in [0.4, 0.5) is 27.8 Å². The molecule has 5 rings (SSSR count). The number of halogens is 1. The Labute approximate surface area is 203 Å². The van der Waals surface area contributed by atoms with Crippen molar-refractivity contribution in [1.82, 2.24) is 24.7 Å². The van der Waals surface area contributed by atoms with Crippen LogP contribution in [0, 0.1) is 0 Å². The van der Waals surface area contributed by atoms with Crippen LogP contribution in [0.5, 0.6) is 0 Å². The largest absolute Gasteiger partial charge is 0.391 e. The first-order valence-electron chi connectivity index (χ1n) is 12.3. The maximum Gasteiger partial charge on any atom is 0.227 e. The van der Waals surface area contributed by atoms with Crippen LogP contribution in [0.3, 0.4) is 0 Å². The summed E-state index contributed by atoms with van der Waals surface area (Å²) in [6.45, 7) is 7.64. The molecule has 1 unspecified atom stereocenters. The first-order chi connectivity index (χ1) is 16.7. The van der Waals surface area contributed by atoms with Gasteiger partial charge in [0.15, 0.2) is 5.82 Å². The van der Waals surface area contributed by atoms with Gasteiger partial charge in [-0.25, -0.2) is 14.4 Å². The Bertz CT molecular complexity index is 1200. The average Bonchev–Trinajstić information content (AvgIpc) is 3.44. The van der Waals surface area contributed by atoms with Crippen LogP contribution >= 0.6 is 0 Å². The summed E-state index contributed by atoms with van der Waals surface area (Å²) in [5.41, 5.74) is -0.364. The van der Waals surface area contributed by atoms with Gasteiger partial charge in [0, 0.05) is 44.1 Å². The highest BCUT2D eigenvalue weighted by Gasteiger charge is 2.38. The van der Waals surface area contributed by atoms with E-state index in [1.165, 1.54) is 6.92 Å². The number of anilines is 4. The fourth-order valence-corrected chi connectivity index (χ4v) is 4.64. The number of nitrogens with zero attached hydrogens (tertiary/aromatic N) is 7. The quantitative estimate of drug-likeness (QED) is 0.486. The monoisotopic (exact) mass is 484 g/mol. The minimum Gasteiger partial charge on any atom is -0.391 e. The lowest BCUT2D eigenvalue weighted by Crippen LogP contribution is -2.52. The molecule has 0 spiro atoms. The highest BCUT2D eigenvalue weighted by molar-refractivity contribution is 5.92. The van der Waals surface area contributed by atoms with E-state index in [0.717, 1.165) is 36.1 Å². The van der Waals surface area contributed by atoms with Gasteiger partial charge in [-0.3, -0.25) is 4.68 Å². The molecule has 0 aliphatic carbocycles. The second-order valence-electron chi connectivity index (χ2n) is 9.89. The molecule has 0 aromatic carbocycles. The summed E-state index contributed by atoms with van der Waals surface area (Å²) in [6, 6.07) is 3.90. The molecular weight excluding hydrogens is 451 g/mol. The van der Waals surface area contributed by atoms with Gasteiger partial charge < -0.3 is 25.3 Å². The van der Waals surface area contributed by atoms with E-state index < -0.39 is 11.8 Å². The number of nitrogens with one attached hydrogen (secondary N) is 1. The number of piperidine rings is 1. The zero-order valence-corrected chi connectivity index (χ0v) is 20.4. The predicted molar refractivity (Wildman–Crippen MR) is 133 cm³/mol. The number of fused-ring (bicyclic) bond motifs is 1. The molecule has 0 bridgehead atoms. The molecule has 3 aromatic heterocycles. The summed E-state index contributed by atoms with van der Waals surface area (Å²) in [5, 5.41) is 29.2. The van der Waals surface area contributed by atoms with Gasteiger partial charge in [-0.05, 0) is 39.2 Å². The topological polar surface area (TPSA) is 115 Å². The van der Waals surface area contributed by atoms with E-state index in [1.54, 1.807) is 17.2 Å². The number of aliphatic hydroxyl groups is 2. The smallest absolute Gasteiger partial charge is 0.227 e. The van der Waals surface area contributed by atoms with Crippen LogP contribution in [0.1, 0.15) is 46.1 Å². The van der Waals surface area contributed by atoms with Gasteiger partial charge in [0.1, 0.15) is 17.8 Å². The summed E-state index contributed by atoms with van der Waals surface area (Å²) in [5.74, 6) is 2.42. The maximum absolute atomic E-state index is 14.4. The first-order valence-corrected chi connectivity index (χ1v) is 12.3. The maximum atomic E-state index is 14.4. The summed E-state index contributed by atoms with van der Waals surface area (Å²) < 4.78 is 16.4. The molecule has 2 fully saturated rings. The number of aliphatic hydroxyl groups excluding tert-OH is 1. The van der Waals surface area contributed by atoms with Crippen molar-refractivity contribution in [2.75, 3.05) is 41.3 Å². The van der Waals surface area contributed by atoms with E-state index in [1.807, 2.05) is 16.9 Å². The molecule has 2 aliphatic rings. The standard InChI is InChI=1S/C24H33FN8O2/c1-4-15(2)33-18-11-21(27-12-17(18)22(30-33)31-9-6-16(34)13-31)28-20-5-8-26-23(29-20)32-10-7-24(3,35)19(25)14-32/h5,8,11-12,15-16,19,34-35H,4,6-7,9-10,13-14H2,1-3H3,(H,26,27,28,29)/t15?,16-,19-,24+/m1/s1. The Morgan fingerprint density at radius 3 is 2.77 bits per heavy atom. The molecule has 35 heavy (non-hydrogen) atoms. The van der Waals surface area contributed by atoms with Crippen molar-refractivity contribution in [3.8, 4) is 0 Å². The second-order valence-corrected chi connectivity index (χ2v) is 9.89.